The number of hydrogen-bond donors (Lipinski definition) is 3. The molecule has 1 aliphatic rings. The van der Waals surface area contributed by atoms with E-state index >= 15 is 0 Å². The summed E-state index contributed by atoms with van der Waals surface area (Å²) in [7, 11) is 0. The highest BCUT2D eigenvalue weighted by atomic mass is 16.2. The molecule has 1 aromatic carbocycles. The van der Waals surface area contributed by atoms with Gasteiger partial charge >= 0.3 is 11.8 Å². The number of nitrogens with one attached hydrogen (secondary N) is 3. The maximum absolute atomic E-state index is 12.2. The topological polar surface area (TPSA) is 87.3 Å². The normalized spacial score (nSPS) is 20.0. The number of para-hydroxylation sites is 1. The van der Waals surface area contributed by atoms with Gasteiger partial charge in [0, 0.05) is 12.1 Å². The van der Waals surface area contributed by atoms with Crippen LogP contribution in [0.15, 0.2) is 24.3 Å². The first-order valence-electron chi connectivity index (χ1n) is 8.90. The summed E-state index contributed by atoms with van der Waals surface area (Å²) >= 11 is 0. The molecule has 0 bridgehead atoms. The highest BCUT2D eigenvalue weighted by Crippen LogP contribution is 2.23. The van der Waals surface area contributed by atoms with Gasteiger partial charge in [0.2, 0.25) is 0 Å². The van der Waals surface area contributed by atoms with Crippen LogP contribution in [-0.2, 0) is 9.59 Å². The Bertz CT molecular complexity index is 643. The Morgan fingerprint density at radius 2 is 1.72 bits per heavy atom. The molecule has 1 aromatic rings. The number of anilines is 1. The standard InChI is InChI=1S/C19H27N3O3/c1-12(2)20-17(23)14-9-5-7-11-16(14)22-19(25)18(24)21-15-10-6-4-8-13(15)3/h5,7,9,11-13,15H,4,6,8,10H2,1-3H3,(H,20,23)(H,21,24)(H,22,25)/t13-,15-/m1/s1. The fourth-order valence-electron chi connectivity index (χ4n) is 3.07. The molecule has 6 nitrogen and oxygen atoms in total. The molecule has 1 saturated carbocycles. The number of rotatable bonds is 4. The van der Waals surface area contributed by atoms with Crippen molar-refractivity contribution < 1.29 is 14.4 Å². The van der Waals surface area contributed by atoms with Crippen molar-refractivity contribution in [1.82, 2.24) is 10.6 Å². The molecule has 0 aromatic heterocycles. The third-order valence-electron chi connectivity index (χ3n) is 4.47. The van der Waals surface area contributed by atoms with Gasteiger partial charge in [0.1, 0.15) is 0 Å². The fourth-order valence-corrected chi connectivity index (χ4v) is 3.07. The van der Waals surface area contributed by atoms with E-state index in [-0.39, 0.29) is 18.0 Å². The molecule has 0 radical (unpaired) electrons. The molecule has 2 atom stereocenters. The Balaban J connectivity index is 2.02. The molecule has 0 saturated heterocycles. The van der Waals surface area contributed by atoms with Gasteiger partial charge in [-0.15, -0.1) is 0 Å². The van der Waals surface area contributed by atoms with Crippen LogP contribution in [0.5, 0.6) is 0 Å². The zero-order valence-electron chi connectivity index (χ0n) is 15.1. The summed E-state index contributed by atoms with van der Waals surface area (Å²) in [5.41, 5.74) is 0.667. The second kappa shape index (κ2) is 8.65. The minimum Gasteiger partial charge on any atom is -0.350 e. The molecule has 25 heavy (non-hydrogen) atoms. The van der Waals surface area contributed by atoms with Crippen LogP contribution in [0.3, 0.4) is 0 Å². The minimum absolute atomic E-state index is 0.0210. The van der Waals surface area contributed by atoms with Crippen LogP contribution < -0.4 is 16.0 Å². The number of carbonyl (C=O) groups is 3. The molecule has 1 fully saturated rings. The zero-order valence-corrected chi connectivity index (χ0v) is 15.1. The van der Waals surface area contributed by atoms with Crippen molar-refractivity contribution in [1.29, 1.82) is 0 Å². The first-order valence-corrected chi connectivity index (χ1v) is 8.90. The summed E-state index contributed by atoms with van der Waals surface area (Å²) in [5, 5.41) is 8.16. The van der Waals surface area contributed by atoms with Gasteiger partial charge in [0.25, 0.3) is 5.91 Å². The van der Waals surface area contributed by atoms with E-state index in [0.29, 0.717) is 17.2 Å². The van der Waals surface area contributed by atoms with Crippen LogP contribution in [0.4, 0.5) is 5.69 Å². The van der Waals surface area contributed by atoms with Crippen molar-refractivity contribution in [2.75, 3.05) is 5.32 Å². The molecule has 136 valence electrons. The maximum Gasteiger partial charge on any atom is 0.313 e. The van der Waals surface area contributed by atoms with Crippen molar-refractivity contribution in [3.63, 3.8) is 0 Å². The lowest BCUT2D eigenvalue weighted by atomic mass is 9.86. The quantitative estimate of drug-likeness (QED) is 0.733. The first-order chi connectivity index (χ1) is 11.9. The van der Waals surface area contributed by atoms with Crippen LogP contribution in [0, 0.1) is 5.92 Å². The molecule has 6 heteroatoms. The van der Waals surface area contributed by atoms with Gasteiger partial charge in [0.15, 0.2) is 0 Å². The summed E-state index contributed by atoms with van der Waals surface area (Å²) in [6.07, 6.45) is 4.19. The second-order valence-electron chi connectivity index (χ2n) is 6.97. The molecular weight excluding hydrogens is 318 g/mol. The van der Waals surface area contributed by atoms with Crippen molar-refractivity contribution in [2.24, 2.45) is 5.92 Å². The second-order valence-corrected chi connectivity index (χ2v) is 6.97. The van der Waals surface area contributed by atoms with Gasteiger partial charge < -0.3 is 16.0 Å². The first kappa shape index (κ1) is 19.0. The summed E-state index contributed by atoms with van der Waals surface area (Å²) in [5.74, 6) is -1.32. The third kappa shape index (κ3) is 5.31. The lowest BCUT2D eigenvalue weighted by Gasteiger charge is -2.29. The van der Waals surface area contributed by atoms with Gasteiger partial charge in [-0.2, -0.15) is 0 Å². The van der Waals surface area contributed by atoms with Gasteiger partial charge in [0.05, 0.1) is 11.3 Å². The third-order valence-corrected chi connectivity index (χ3v) is 4.47. The van der Waals surface area contributed by atoms with E-state index in [4.69, 9.17) is 0 Å². The average Bonchev–Trinajstić information content (AvgIpc) is 2.56. The van der Waals surface area contributed by atoms with E-state index in [1.54, 1.807) is 24.3 Å². The molecule has 1 aliphatic carbocycles. The van der Waals surface area contributed by atoms with Gasteiger partial charge in [-0.3, -0.25) is 14.4 Å². The summed E-state index contributed by atoms with van der Waals surface area (Å²) < 4.78 is 0. The lowest BCUT2D eigenvalue weighted by Crippen LogP contribution is -2.46. The molecule has 3 amide bonds. The van der Waals surface area contributed by atoms with Gasteiger partial charge in [-0.25, -0.2) is 0 Å². The monoisotopic (exact) mass is 345 g/mol. The van der Waals surface area contributed by atoms with Gasteiger partial charge in [-0.05, 0) is 44.7 Å². The predicted octanol–water partition coefficient (Wildman–Crippen LogP) is 2.46. The van der Waals surface area contributed by atoms with Crippen LogP contribution in [-0.4, -0.2) is 29.8 Å². The molecule has 0 unspecified atom stereocenters. The fraction of sp³-hybridized carbons (Fsp3) is 0.526. The minimum atomic E-state index is -0.748. The summed E-state index contributed by atoms with van der Waals surface area (Å²) in [6.45, 7) is 5.81. The molecule has 3 N–H and O–H groups in total. The Kier molecular flexibility index (Phi) is 6.56. The molecule has 2 rings (SSSR count). The maximum atomic E-state index is 12.2. The summed E-state index contributed by atoms with van der Waals surface area (Å²) in [4.78, 5) is 36.7. The number of benzene rings is 1. The Hall–Kier alpha value is -2.37. The Labute approximate surface area is 148 Å². The Morgan fingerprint density at radius 3 is 2.40 bits per heavy atom. The van der Waals surface area contributed by atoms with E-state index in [9.17, 15) is 14.4 Å². The van der Waals surface area contributed by atoms with Crippen molar-refractivity contribution in [3.05, 3.63) is 29.8 Å². The predicted molar refractivity (Wildman–Crippen MR) is 97.2 cm³/mol. The zero-order chi connectivity index (χ0) is 18.4. The van der Waals surface area contributed by atoms with Crippen LogP contribution in [0.2, 0.25) is 0 Å². The Morgan fingerprint density at radius 1 is 1.04 bits per heavy atom. The van der Waals surface area contributed by atoms with Gasteiger partial charge in [-0.1, -0.05) is 31.9 Å². The number of hydrogen-bond acceptors (Lipinski definition) is 3. The summed E-state index contributed by atoms with van der Waals surface area (Å²) in [6, 6.07) is 6.68. The molecular formula is C19H27N3O3. The van der Waals surface area contributed by atoms with Crippen LogP contribution >= 0.6 is 0 Å². The number of carbonyl (C=O) groups excluding carboxylic acids is 3. The largest absolute Gasteiger partial charge is 0.350 e. The SMILES string of the molecule is CC(C)NC(=O)c1ccccc1NC(=O)C(=O)N[C@@H]1CCCC[C@H]1C. The van der Waals surface area contributed by atoms with Crippen molar-refractivity contribution >= 4 is 23.4 Å². The molecule has 0 heterocycles. The lowest BCUT2D eigenvalue weighted by molar-refractivity contribution is -0.137. The van der Waals surface area contributed by atoms with E-state index in [1.165, 1.54) is 0 Å². The van der Waals surface area contributed by atoms with Crippen molar-refractivity contribution in [3.8, 4) is 0 Å². The van der Waals surface area contributed by atoms with E-state index < -0.39 is 11.8 Å². The smallest absolute Gasteiger partial charge is 0.313 e. The molecule has 0 spiro atoms. The van der Waals surface area contributed by atoms with E-state index in [0.717, 1.165) is 25.7 Å². The van der Waals surface area contributed by atoms with Crippen molar-refractivity contribution in [2.45, 2.75) is 58.5 Å². The van der Waals surface area contributed by atoms with E-state index in [2.05, 4.69) is 22.9 Å². The highest BCUT2D eigenvalue weighted by Gasteiger charge is 2.26. The number of amides is 3. The average molecular weight is 345 g/mol. The highest BCUT2D eigenvalue weighted by molar-refractivity contribution is 6.40. The van der Waals surface area contributed by atoms with E-state index in [1.807, 2.05) is 13.8 Å². The molecule has 0 aliphatic heterocycles. The van der Waals surface area contributed by atoms with Crippen LogP contribution in [0.1, 0.15) is 56.8 Å². The van der Waals surface area contributed by atoms with Crippen LogP contribution in [0.25, 0.3) is 0 Å².